The zero-order chi connectivity index (χ0) is 27.9. The fourth-order valence-electron chi connectivity index (χ4n) is 7.70. The van der Waals surface area contributed by atoms with Gasteiger partial charge in [-0.1, -0.05) is 84.9 Å². The summed E-state index contributed by atoms with van der Waals surface area (Å²) in [7, 11) is 2.22. The first-order valence-corrected chi connectivity index (χ1v) is 14.9. The Kier molecular flexibility index (Phi) is 5.88. The quantitative estimate of drug-likeness (QED) is 0.206. The van der Waals surface area contributed by atoms with E-state index in [1.54, 1.807) is 0 Å². The van der Waals surface area contributed by atoms with E-state index in [1.807, 2.05) is 0 Å². The van der Waals surface area contributed by atoms with Gasteiger partial charge >= 0.3 is 0 Å². The third-order valence-corrected chi connectivity index (χ3v) is 10.4. The van der Waals surface area contributed by atoms with Crippen LogP contribution in [-0.4, -0.2) is 9.13 Å². The van der Waals surface area contributed by atoms with Gasteiger partial charge < -0.3 is 4.57 Å². The lowest BCUT2D eigenvalue weighted by molar-refractivity contribution is -0.764. The number of para-hydroxylation sites is 1. The van der Waals surface area contributed by atoms with E-state index in [0.717, 1.165) is 12.8 Å². The third kappa shape index (κ3) is 3.25. The third-order valence-electron chi connectivity index (χ3n) is 10.4. The van der Waals surface area contributed by atoms with Crippen LogP contribution in [0.3, 0.4) is 0 Å². The average molecular weight is 519 g/mol. The molecule has 3 nitrogen and oxygen atoms in total. The van der Waals surface area contributed by atoms with Crippen LogP contribution in [0.15, 0.2) is 67.0 Å². The summed E-state index contributed by atoms with van der Waals surface area (Å²) in [5.41, 5.74) is 9.71. The minimum Gasteiger partial charge on any atom is -0.344 e. The number of hydrogen-bond acceptors (Lipinski definition) is 0. The van der Waals surface area contributed by atoms with Crippen molar-refractivity contribution >= 4 is 21.8 Å². The average Bonchev–Trinajstić information content (AvgIpc) is 3.50. The molecule has 1 aliphatic rings. The predicted molar refractivity (Wildman–Crippen MR) is 165 cm³/mol. The molecule has 0 bridgehead atoms. The largest absolute Gasteiger partial charge is 0.344 e. The highest BCUT2D eigenvalue weighted by Crippen LogP contribution is 2.51. The molecule has 39 heavy (non-hydrogen) atoms. The molecule has 0 saturated carbocycles. The molecule has 2 unspecified atom stereocenters. The molecule has 3 aromatic carbocycles. The summed E-state index contributed by atoms with van der Waals surface area (Å²) in [6.07, 6.45) is 6.89. The molecule has 0 N–H and O–H groups in total. The summed E-state index contributed by atoms with van der Waals surface area (Å²) in [6.45, 7) is 19.1. The van der Waals surface area contributed by atoms with Crippen LogP contribution in [0.2, 0.25) is 0 Å². The molecule has 202 valence electrons. The van der Waals surface area contributed by atoms with Crippen molar-refractivity contribution in [3.63, 3.8) is 0 Å². The summed E-state index contributed by atoms with van der Waals surface area (Å²) in [4.78, 5) is 0. The molecule has 0 spiro atoms. The van der Waals surface area contributed by atoms with Gasteiger partial charge in [0.15, 0.2) is 0 Å². The summed E-state index contributed by atoms with van der Waals surface area (Å²) >= 11 is 0. The smallest absolute Gasteiger partial charge is 0.294 e. The number of aromatic nitrogens is 3. The van der Waals surface area contributed by atoms with E-state index in [-0.39, 0.29) is 11.0 Å². The van der Waals surface area contributed by atoms with E-state index in [4.69, 9.17) is 0 Å². The molecule has 0 aliphatic carbocycles. The Labute approximate surface area is 234 Å². The van der Waals surface area contributed by atoms with E-state index in [0.29, 0.717) is 11.8 Å². The first-order valence-electron chi connectivity index (χ1n) is 14.9. The fraction of sp³-hybridized carbons (Fsp3) is 0.417. The van der Waals surface area contributed by atoms with Crippen molar-refractivity contribution in [2.24, 2.45) is 7.05 Å². The van der Waals surface area contributed by atoms with E-state index >= 15 is 0 Å². The molecule has 0 radical (unpaired) electrons. The number of benzene rings is 3. The Bertz CT molecular complexity index is 1730. The first-order chi connectivity index (χ1) is 18.6. The Morgan fingerprint density at radius 2 is 1.54 bits per heavy atom. The Morgan fingerprint density at radius 1 is 0.846 bits per heavy atom. The predicted octanol–water partition coefficient (Wildman–Crippen LogP) is 9.13. The molecular weight excluding hydrogens is 474 g/mol. The van der Waals surface area contributed by atoms with Gasteiger partial charge in [0.25, 0.3) is 5.82 Å². The van der Waals surface area contributed by atoms with Crippen molar-refractivity contribution in [1.82, 2.24) is 9.13 Å². The first kappa shape index (κ1) is 25.9. The van der Waals surface area contributed by atoms with Crippen molar-refractivity contribution in [2.45, 2.75) is 91.0 Å². The topological polar surface area (TPSA) is 13.7 Å². The maximum Gasteiger partial charge on any atom is 0.294 e. The molecule has 3 heterocycles. The van der Waals surface area contributed by atoms with Crippen LogP contribution < -0.4 is 4.57 Å². The van der Waals surface area contributed by atoms with Gasteiger partial charge in [-0.05, 0) is 55.4 Å². The van der Waals surface area contributed by atoms with Crippen LogP contribution in [0, 0.1) is 0 Å². The van der Waals surface area contributed by atoms with E-state index in [9.17, 15) is 0 Å². The molecule has 6 rings (SSSR count). The van der Waals surface area contributed by atoms with Gasteiger partial charge in [-0.2, -0.15) is 4.57 Å². The molecule has 3 heteroatoms. The molecule has 0 fully saturated rings. The lowest BCUT2D eigenvalue weighted by Crippen LogP contribution is -2.67. The van der Waals surface area contributed by atoms with Gasteiger partial charge in [0.2, 0.25) is 0 Å². The minimum absolute atomic E-state index is 0.0315. The Hall–Kier alpha value is -3.33. The minimum atomic E-state index is -0.0315. The Morgan fingerprint density at radius 3 is 2.21 bits per heavy atom. The number of hydrogen-bond donors (Lipinski definition) is 0. The second kappa shape index (κ2) is 8.84. The summed E-state index contributed by atoms with van der Waals surface area (Å²) in [5.74, 6) is 2.07. The number of nitrogens with zero attached hydrogens (tertiary/aromatic N) is 3. The molecule has 0 saturated heterocycles. The molecule has 2 aromatic heterocycles. The summed E-state index contributed by atoms with van der Waals surface area (Å²) in [6, 6.07) is 20.6. The van der Waals surface area contributed by atoms with Gasteiger partial charge in [-0.3, -0.25) is 0 Å². The Balaban J connectivity index is 1.80. The van der Waals surface area contributed by atoms with Crippen molar-refractivity contribution in [2.75, 3.05) is 0 Å². The van der Waals surface area contributed by atoms with Gasteiger partial charge in [-0.25, -0.2) is 4.57 Å². The normalized spacial score (nSPS) is 20.8. The summed E-state index contributed by atoms with van der Waals surface area (Å²) in [5, 5.41) is 2.75. The van der Waals surface area contributed by atoms with Gasteiger partial charge in [-0.15, -0.1) is 0 Å². The van der Waals surface area contributed by atoms with E-state index in [1.165, 1.54) is 55.6 Å². The monoisotopic (exact) mass is 518 g/mol. The molecule has 5 aromatic rings. The van der Waals surface area contributed by atoms with Crippen LogP contribution in [0.5, 0.6) is 0 Å². The zero-order valence-corrected chi connectivity index (χ0v) is 25.3. The van der Waals surface area contributed by atoms with Crippen LogP contribution in [0.1, 0.15) is 96.8 Å². The second-order valence-electron chi connectivity index (χ2n) is 12.7. The highest BCUT2D eigenvalue weighted by Gasteiger charge is 2.55. The van der Waals surface area contributed by atoms with E-state index in [2.05, 4.69) is 143 Å². The maximum atomic E-state index is 2.61. The van der Waals surface area contributed by atoms with Crippen LogP contribution in [0.25, 0.3) is 38.9 Å². The summed E-state index contributed by atoms with van der Waals surface area (Å²) < 4.78 is 7.55. The second-order valence-corrected chi connectivity index (χ2v) is 12.7. The van der Waals surface area contributed by atoms with Crippen molar-refractivity contribution in [1.29, 1.82) is 0 Å². The maximum absolute atomic E-state index is 2.61. The van der Waals surface area contributed by atoms with Crippen LogP contribution >= 0.6 is 0 Å². The number of rotatable bonds is 5. The molecule has 0 amide bonds. The van der Waals surface area contributed by atoms with Gasteiger partial charge in [0, 0.05) is 45.4 Å². The number of aryl methyl sites for hydroxylation is 1. The lowest BCUT2D eigenvalue weighted by atomic mass is 9.61. The SMILES string of the molecule is CCC1(C)c2ccccc2-c2n(-c3c(C(C)C)cc4c(c3C(C)C)c3ccccc3n4C)cc[n+]2C1(C)CC. The van der Waals surface area contributed by atoms with Crippen molar-refractivity contribution < 1.29 is 4.57 Å². The standard InChI is InChI=1S/C36H44N3/c1-10-35(7)28-18-14-12-16-25(28)34-38(20-21-39(34)36(35,8)11-2)33-27(23(3)4)22-30-32(31(33)24(5)6)26-17-13-15-19-29(26)37(30)9/h12-24H,10-11H2,1-9H3/q+1. The highest BCUT2D eigenvalue weighted by molar-refractivity contribution is 6.11. The highest BCUT2D eigenvalue weighted by atomic mass is 15.2. The molecular formula is C36H44N3+. The van der Waals surface area contributed by atoms with E-state index < -0.39 is 0 Å². The van der Waals surface area contributed by atoms with Crippen LogP contribution in [-0.2, 0) is 18.0 Å². The molecule has 1 aliphatic heterocycles. The zero-order valence-electron chi connectivity index (χ0n) is 25.3. The fourth-order valence-corrected chi connectivity index (χ4v) is 7.70. The van der Waals surface area contributed by atoms with Gasteiger partial charge in [0.05, 0.1) is 5.56 Å². The lowest BCUT2D eigenvalue weighted by Gasteiger charge is -2.47. The number of imidazole rings is 1. The van der Waals surface area contributed by atoms with Crippen molar-refractivity contribution in [3.05, 3.63) is 83.7 Å². The van der Waals surface area contributed by atoms with Crippen molar-refractivity contribution in [3.8, 4) is 17.1 Å². The van der Waals surface area contributed by atoms with Crippen LogP contribution in [0.4, 0.5) is 0 Å². The van der Waals surface area contributed by atoms with Gasteiger partial charge in [0.1, 0.15) is 23.6 Å². The number of fused-ring (bicyclic) bond motifs is 6. The molecule has 2 atom stereocenters.